The van der Waals surface area contributed by atoms with Gasteiger partial charge in [0.15, 0.2) is 5.76 Å². The van der Waals surface area contributed by atoms with Crippen LogP contribution in [0.3, 0.4) is 0 Å². The first kappa shape index (κ1) is 20.8. The molecule has 0 bridgehead atoms. The number of non-ortho nitro benzene ring substituents is 1. The number of hydrogen-bond acceptors (Lipinski definition) is 6. The fraction of sp³-hybridized carbons (Fsp3) is 0.182. The molecule has 8 heteroatoms. The number of nitrogens with one attached hydrogen (secondary N) is 1. The van der Waals surface area contributed by atoms with Crippen molar-refractivity contribution in [3.05, 3.63) is 82.1 Å². The van der Waals surface area contributed by atoms with Crippen molar-refractivity contribution >= 4 is 23.3 Å². The van der Waals surface area contributed by atoms with E-state index in [1.54, 1.807) is 42.5 Å². The van der Waals surface area contributed by atoms with Gasteiger partial charge in [-0.1, -0.05) is 25.5 Å². The predicted octanol–water partition coefficient (Wildman–Crippen LogP) is 5.06. The minimum absolute atomic E-state index is 0.0551. The van der Waals surface area contributed by atoms with Crippen LogP contribution >= 0.6 is 0 Å². The summed E-state index contributed by atoms with van der Waals surface area (Å²) in [4.78, 5) is 34.8. The van der Waals surface area contributed by atoms with E-state index < -0.39 is 16.8 Å². The maximum absolute atomic E-state index is 12.4. The molecule has 3 rings (SSSR count). The number of anilines is 1. The molecule has 1 amide bonds. The van der Waals surface area contributed by atoms with E-state index in [2.05, 4.69) is 5.32 Å². The average molecular weight is 408 g/mol. The summed E-state index contributed by atoms with van der Waals surface area (Å²) in [5, 5.41) is 13.6. The van der Waals surface area contributed by atoms with Gasteiger partial charge in [0.1, 0.15) is 5.76 Å². The number of carbonyl (C=O) groups excluding carboxylic acids is 2. The van der Waals surface area contributed by atoms with Crippen molar-refractivity contribution in [3.8, 4) is 11.3 Å². The van der Waals surface area contributed by atoms with Gasteiger partial charge in [-0.2, -0.15) is 0 Å². The number of hydrogen-bond donors (Lipinski definition) is 1. The highest BCUT2D eigenvalue weighted by atomic mass is 16.6. The zero-order valence-electron chi connectivity index (χ0n) is 16.3. The van der Waals surface area contributed by atoms with Crippen molar-refractivity contribution in [2.24, 2.45) is 0 Å². The molecule has 0 aliphatic heterocycles. The van der Waals surface area contributed by atoms with Gasteiger partial charge in [0.25, 0.3) is 11.6 Å². The van der Waals surface area contributed by atoms with Crippen molar-refractivity contribution < 1.29 is 23.7 Å². The molecule has 0 aliphatic carbocycles. The van der Waals surface area contributed by atoms with Crippen LogP contribution in [0.15, 0.2) is 65.1 Å². The summed E-state index contributed by atoms with van der Waals surface area (Å²) in [7, 11) is 0. The Kier molecular flexibility index (Phi) is 6.59. The third-order valence-corrected chi connectivity index (χ3v) is 4.28. The van der Waals surface area contributed by atoms with E-state index >= 15 is 0 Å². The van der Waals surface area contributed by atoms with E-state index in [-0.39, 0.29) is 11.4 Å². The molecule has 1 heterocycles. The SMILES string of the molecule is CCCCOC(=O)c1ccc(NC(=O)c2ccc(-c3cccc([N+](=O)[O-])c3)o2)cc1. The van der Waals surface area contributed by atoms with Crippen molar-refractivity contribution in [1.82, 2.24) is 0 Å². The molecule has 30 heavy (non-hydrogen) atoms. The monoisotopic (exact) mass is 408 g/mol. The lowest BCUT2D eigenvalue weighted by Crippen LogP contribution is -2.11. The Bertz CT molecular complexity index is 1060. The molecule has 2 aromatic carbocycles. The van der Waals surface area contributed by atoms with Crippen LogP contribution in [0.25, 0.3) is 11.3 Å². The summed E-state index contributed by atoms with van der Waals surface area (Å²) in [5.74, 6) is -0.493. The normalized spacial score (nSPS) is 10.4. The number of unbranched alkanes of at least 4 members (excludes halogenated alkanes) is 1. The number of carbonyl (C=O) groups is 2. The second-order valence-electron chi connectivity index (χ2n) is 6.49. The van der Waals surface area contributed by atoms with Gasteiger partial charge in [-0.25, -0.2) is 4.79 Å². The van der Waals surface area contributed by atoms with Crippen molar-refractivity contribution in [3.63, 3.8) is 0 Å². The van der Waals surface area contributed by atoms with Gasteiger partial charge in [-0.3, -0.25) is 14.9 Å². The summed E-state index contributed by atoms with van der Waals surface area (Å²) in [6.45, 7) is 2.39. The molecular weight excluding hydrogens is 388 g/mol. The molecule has 0 saturated heterocycles. The van der Waals surface area contributed by atoms with Crippen LogP contribution in [0, 0.1) is 10.1 Å². The summed E-state index contributed by atoms with van der Waals surface area (Å²) in [6, 6.07) is 15.4. The van der Waals surface area contributed by atoms with Gasteiger partial charge < -0.3 is 14.5 Å². The number of ether oxygens (including phenoxy) is 1. The number of amides is 1. The average Bonchev–Trinajstić information content (AvgIpc) is 3.25. The molecule has 3 aromatic rings. The Morgan fingerprint density at radius 2 is 1.87 bits per heavy atom. The molecule has 8 nitrogen and oxygen atoms in total. The van der Waals surface area contributed by atoms with Gasteiger partial charge in [0, 0.05) is 23.4 Å². The third-order valence-electron chi connectivity index (χ3n) is 4.28. The van der Waals surface area contributed by atoms with Gasteiger partial charge in [-0.05, 0) is 42.8 Å². The summed E-state index contributed by atoms with van der Waals surface area (Å²) in [5.41, 5.74) is 1.31. The smallest absolute Gasteiger partial charge is 0.338 e. The molecule has 154 valence electrons. The van der Waals surface area contributed by atoms with Crippen LogP contribution in [0.1, 0.15) is 40.7 Å². The van der Waals surface area contributed by atoms with Crippen LogP contribution in [-0.2, 0) is 4.74 Å². The first-order chi connectivity index (χ1) is 14.5. The fourth-order valence-electron chi connectivity index (χ4n) is 2.66. The third kappa shape index (κ3) is 5.11. The predicted molar refractivity (Wildman–Crippen MR) is 110 cm³/mol. The molecule has 0 spiro atoms. The molecule has 0 fully saturated rings. The Labute approximate surface area is 172 Å². The summed E-state index contributed by atoms with van der Waals surface area (Å²) < 4.78 is 10.7. The van der Waals surface area contributed by atoms with Gasteiger partial charge in [0.2, 0.25) is 0 Å². The first-order valence-electron chi connectivity index (χ1n) is 9.41. The Morgan fingerprint density at radius 1 is 1.10 bits per heavy atom. The molecule has 0 radical (unpaired) electrons. The first-order valence-corrected chi connectivity index (χ1v) is 9.41. The summed E-state index contributed by atoms with van der Waals surface area (Å²) >= 11 is 0. The molecule has 0 saturated carbocycles. The molecule has 1 N–H and O–H groups in total. The lowest BCUT2D eigenvalue weighted by atomic mass is 10.1. The number of nitrogens with zero attached hydrogens (tertiary/aromatic N) is 1. The number of esters is 1. The minimum atomic E-state index is -0.497. The van der Waals surface area contributed by atoms with Gasteiger partial charge >= 0.3 is 5.97 Å². The highest BCUT2D eigenvalue weighted by Crippen LogP contribution is 2.26. The zero-order valence-corrected chi connectivity index (χ0v) is 16.3. The van der Waals surface area contributed by atoms with Crippen LogP contribution in [0.5, 0.6) is 0 Å². The number of benzene rings is 2. The highest BCUT2D eigenvalue weighted by molar-refractivity contribution is 6.02. The molecular formula is C22H20N2O6. The van der Waals surface area contributed by atoms with E-state index in [4.69, 9.17) is 9.15 Å². The van der Waals surface area contributed by atoms with Crippen LogP contribution in [0.4, 0.5) is 11.4 Å². The standard InChI is InChI=1S/C22H20N2O6/c1-2-3-13-29-22(26)15-7-9-17(10-8-15)23-21(25)20-12-11-19(30-20)16-5-4-6-18(14-16)24(27)28/h4-12,14H,2-3,13H2,1H3,(H,23,25). The quantitative estimate of drug-likeness (QED) is 0.241. The van der Waals surface area contributed by atoms with E-state index in [1.807, 2.05) is 6.92 Å². The molecule has 0 unspecified atom stereocenters. The molecule has 1 aromatic heterocycles. The minimum Gasteiger partial charge on any atom is -0.462 e. The largest absolute Gasteiger partial charge is 0.462 e. The van der Waals surface area contributed by atoms with Crippen LogP contribution < -0.4 is 5.32 Å². The lowest BCUT2D eigenvalue weighted by molar-refractivity contribution is -0.384. The second kappa shape index (κ2) is 9.51. The van der Waals surface area contributed by atoms with Crippen LogP contribution in [-0.4, -0.2) is 23.4 Å². The molecule has 0 aliphatic rings. The van der Waals surface area contributed by atoms with Gasteiger partial charge in [-0.15, -0.1) is 0 Å². The van der Waals surface area contributed by atoms with E-state index in [0.717, 1.165) is 12.8 Å². The highest BCUT2D eigenvalue weighted by Gasteiger charge is 2.15. The maximum Gasteiger partial charge on any atom is 0.338 e. The van der Waals surface area contributed by atoms with E-state index in [9.17, 15) is 19.7 Å². The molecule has 0 atom stereocenters. The number of nitro benzene ring substituents is 1. The Hall–Kier alpha value is -3.94. The Balaban J connectivity index is 1.65. The van der Waals surface area contributed by atoms with Crippen molar-refractivity contribution in [2.75, 3.05) is 11.9 Å². The summed E-state index contributed by atoms with van der Waals surface area (Å²) in [6.07, 6.45) is 1.75. The van der Waals surface area contributed by atoms with Crippen molar-refractivity contribution in [2.45, 2.75) is 19.8 Å². The number of nitro groups is 1. The van der Waals surface area contributed by atoms with Gasteiger partial charge in [0.05, 0.1) is 17.1 Å². The van der Waals surface area contributed by atoms with E-state index in [0.29, 0.717) is 29.2 Å². The fourth-order valence-corrected chi connectivity index (χ4v) is 2.66. The maximum atomic E-state index is 12.4. The number of furan rings is 1. The van der Waals surface area contributed by atoms with Crippen LogP contribution in [0.2, 0.25) is 0 Å². The van der Waals surface area contributed by atoms with Crippen molar-refractivity contribution in [1.29, 1.82) is 0 Å². The second-order valence-corrected chi connectivity index (χ2v) is 6.49. The topological polar surface area (TPSA) is 112 Å². The van der Waals surface area contributed by atoms with E-state index in [1.165, 1.54) is 18.2 Å². The zero-order chi connectivity index (χ0) is 21.5. The number of rotatable bonds is 8. The lowest BCUT2D eigenvalue weighted by Gasteiger charge is -2.06. The Morgan fingerprint density at radius 3 is 2.57 bits per heavy atom.